The maximum absolute atomic E-state index is 12.4. The lowest BCUT2D eigenvalue weighted by Crippen LogP contribution is -2.28. The zero-order valence-corrected chi connectivity index (χ0v) is 19.7. The summed E-state index contributed by atoms with van der Waals surface area (Å²) in [5.74, 6) is 0.293. The van der Waals surface area contributed by atoms with Gasteiger partial charge in [-0.2, -0.15) is 39.5 Å². The summed E-state index contributed by atoms with van der Waals surface area (Å²) in [7, 11) is 2.92. The van der Waals surface area contributed by atoms with Gasteiger partial charge in [-0.25, -0.2) is 4.99 Å². The molecule has 1 saturated heterocycles. The predicted octanol–water partition coefficient (Wildman–Crippen LogP) is 6.30. The Morgan fingerprint density at radius 1 is 0.919 bits per heavy atom. The molecule has 2 aromatic rings. The van der Waals surface area contributed by atoms with Crippen LogP contribution in [-0.4, -0.2) is 44.3 Å². The monoisotopic (exact) mass is 541 g/mol. The molecule has 1 heterocycles. The summed E-state index contributed by atoms with van der Waals surface area (Å²) < 4.78 is 115. The van der Waals surface area contributed by atoms with E-state index in [4.69, 9.17) is 0 Å². The molecule has 1 atom stereocenters. The molecule has 0 aliphatic carbocycles. The Morgan fingerprint density at radius 2 is 1.43 bits per heavy atom. The van der Waals surface area contributed by atoms with E-state index in [2.05, 4.69) is 27.9 Å². The fourth-order valence-electron chi connectivity index (χ4n) is 3.15. The van der Waals surface area contributed by atoms with Crippen LogP contribution in [0.4, 0.5) is 39.5 Å². The Bertz CT molecular complexity index is 997. The van der Waals surface area contributed by atoms with Gasteiger partial charge in [0, 0.05) is 20.7 Å². The van der Waals surface area contributed by atoms with Crippen LogP contribution in [0.5, 0.6) is 0 Å². The fraction of sp³-hybridized carbons (Fsp3) is 0.375. The number of benzene rings is 2. The van der Waals surface area contributed by atoms with Crippen molar-refractivity contribution in [2.45, 2.75) is 31.2 Å². The number of halogens is 9. The highest BCUT2D eigenvalue weighted by Crippen LogP contribution is 2.36. The molecule has 0 radical (unpaired) electrons. The topological polar surface area (TPSA) is 36.9 Å². The number of methoxy groups -OCH3 is 1. The number of nitrogens with one attached hydrogen (secondary N) is 1. The van der Waals surface area contributed by atoms with Gasteiger partial charge in [-0.05, 0) is 29.3 Å². The quantitative estimate of drug-likeness (QED) is 0.365. The molecule has 0 saturated carbocycles. The molecule has 1 N–H and O–H groups in total. The number of rotatable bonds is 4. The third-order valence-corrected chi connectivity index (χ3v) is 4.69. The molecule has 0 amide bonds. The number of alkyl halides is 9. The third-order valence-electron chi connectivity index (χ3n) is 4.69. The van der Waals surface area contributed by atoms with Gasteiger partial charge in [-0.3, -0.25) is 0 Å². The summed E-state index contributed by atoms with van der Waals surface area (Å²) in [5, 5.41) is 3.01. The van der Waals surface area contributed by atoms with Gasteiger partial charge in [-0.15, -0.1) is 12.8 Å². The number of nitrogens with zero attached hydrogens (tertiary/aromatic N) is 2. The molecule has 0 aromatic heterocycles. The van der Waals surface area contributed by atoms with Crippen molar-refractivity contribution in [1.29, 1.82) is 0 Å². The summed E-state index contributed by atoms with van der Waals surface area (Å²) in [6, 6.07) is 10.9. The first-order chi connectivity index (χ1) is 17.1. The standard InChI is InChI=1S/C12H14F3N3.C10H8F6O.C2H2/c1-18-7-10(9-5-3-2-4-6-9)17-11(18)16-8-12(13,14)15;1-17-5-6-2-7(9(11,12)13)4-8(3-6)10(14,15)16;1-2/h2-6,10H,7-8H2,1H3,(H,16,17);2-4H,5H2,1H3;1-2H/t10-;;/m0../s1. The molecule has 1 aliphatic rings. The number of ether oxygens (including phenoxy) is 1. The number of hydrogen-bond donors (Lipinski definition) is 1. The van der Waals surface area contributed by atoms with Gasteiger partial charge in [-0.1, -0.05) is 30.3 Å². The highest BCUT2D eigenvalue weighted by Gasteiger charge is 2.37. The number of aliphatic imine (C=N–C) groups is 1. The average Bonchev–Trinajstić information content (AvgIpc) is 3.19. The Kier molecular flexibility index (Phi) is 11.3. The lowest BCUT2D eigenvalue weighted by Gasteiger charge is -2.13. The van der Waals surface area contributed by atoms with Crippen LogP contribution in [0.25, 0.3) is 0 Å². The summed E-state index contributed by atoms with van der Waals surface area (Å²) in [6.45, 7) is -0.852. The summed E-state index contributed by atoms with van der Waals surface area (Å²) in [6.07, 6.45) is -5.89. The third kappa shape index (κ3) is 10.6. The van der Waals surface area contributed by atoms with E-state index in [0.29, 0.717) is 24.6 Å². The van der Waals surface area contributed by atoms with Crippen molar-refractivity contribution in [2.75, 3.05) is 27.2 Å². The van der Waals surface area contributed by atoms with Gasteiger partial charge in [0.15, 0.2) is 5.96 Å². The van der Waals surface area contributed by atoms with Crippen LogP contribution in [0.1, 0.15) is 28.3 Å². The lowest BCUT2D eigenvalue weighted by atomic mass is 10.1. The Morgan fingerprint density at radius 3 is 1.86 bits per heavy atom. The van der Waals surface area contributed by atoms with Gasteiger partial charge in [0.05, 0.1) is 23.8 Å². The van der Waals surface area contributed by atoms with Gasteiger partial charge < -0.3 is 15.0 Å². The van der Waals surface area contributed by atoms with Gasteiger partial charge >= 0.3 is 18.5 Å². The Hall–Kier alpha value is -3.40. The van der Waals surface area contributed by atoms with Crippen LogP contribution < -0.4 is 5.32 Å². The molecule has 1 aliphatic heterocycles. The van der Waals surface area contributed by atoms with E-state index in [9.17, 15) is 39.5 Å². The zero-order chi connectivity index (χ0) is 28.4. The van der Waals surface area contributed by atoms with Crippen LogP contribution >= 0.6 is 0 Å². The number of hydrogen-bond acceptors (Lipinski definition) is 2. The molecular formula is C24H24F9N3O. The van der Waals surface area contributed by atoms with Crippen LogP contribution in [0.3, 0.4) is 0 Å². The zero-order valence-electron chi connectivity index (χ0n) is 19.7. The van der Waals surface area contributed by atoms with Crippen molar-refractivity contribution in [2.24, 2.45) is 4.99 Å². The molecule has 37 heavy (non-hydrogen) atoms. The summed E-state index contributed by atoms with van der Waals surface area (Å²) in [5.41, 5.74) is -1.80. The minimum absolute atomic E-state index is 0.0109. The molecule has 3 rings (SSSR count). The maximum atomic E-state index is 12.4. The normalized spacial score (nSPS) is 16.8. The molecule has 0 spiro atoms. The molecule has 4 nitrogen and oxygen atoms in total. The van der Waals surface area contributed by atoms with E-state index in [1.165, 1.54) is 7.11 Å². The second kappa shape index (κ2) is 13.2. The van der Waals surface area contributed by atoms with E-state index >= 15 is 0 Å². The smallest absolute Gasteiger partial charge is 0.380 e. The fourth-order valence-corrected chi connectivity index (χ4v) is 3.15. The van der Waals surface area contributed by atoms with E-state index < -0.39 is 36.2 Å². The first kappa shape index (κ1) is 31.6. The highest BCUT2D eigenvalue weighted by molar-refractivity contribution is 5.82. The van der Waals surface area contributed by atoms with Crippen LogP contribution in [0, 0.1) is 12.8 Å². The van der Waals surface area contributed by atoms with E-state index in [1.54, 1.807) is 11.9 Å². The van der Waals surface area contributed by atoms with Crippen molar-refractivity contribution in [3.05, 3.63) is 70.8 Å². The first-order valence-corrected chi connectivity index (χ1v) is 10.3. The van der Waals surface area contributed by atoms with Crippen molar-refractivity contribution >= 4 is 5.96 Å². The van der Waals surface area contributed by atoms with Gasteiger partial charge in [0.1, 0.15) is 6.54 Å². The first-order valence-electron chi connectivity index (χ1n) is 10.3. The predicted molar refractivity (Wildman–Crippen MR) is 120 cm³/mol. The number of terminal acetylenes is 1. The van der Waals surface area contributed by atoms with Gasteiger partial charge in [0.2, 0.25) is 0 Å². The molecular weight excluding hydrogens is 517 g/mol. The van der Waals surface area contributed by atoms with Gasteiger partial charge in [0.25, 0.3) is 0 Å². The maximum Gasteiger partial charge on any atom is 0.416 e. The minimum Gasteiger partial charge on any atom is -0.380 e. The number of likely N-dealkylation sites (N-methyl/N-ethyl adjacent to an activating group) is 1. The molecule has 13 heteroatoms. The lowest BCUT2D eigenvalue weighted by molar-refractivity contribution is -0.143. The van der Waals surface area contributed by atoms with Crippen molar-refractivity contribution in [3.63, 3.8) is 0 Å². The molecule has 1 fully saturated rings. The summed E-state index contributed by atoms with van der Waals surface area (Å²) in [4.78, 5) is 5.26. The highest BCUT2D eigenvalue weighted by atomic mass is 19.4. The minimum atomic E-state index is -4.82. The van der Waals surface area contributed by atoms with E-state index in [-0.39, 0.29) is 24.3 Å². The van der Waals surface area contributed by atoms with E-state index in [1.807, 2.05) is 30.3 Å². The molecule has 0 unspecified atom stereocenters. The Labute approximate surface area is 208 Å². The second-order valence-corrected chi connectivity index (χ2v) is 7.59. The van der Waals surface area contributed by atoms with Crippen molar-refractivity contribution in [1.82, 2.24) is 10.2 Å². The van der Waals surface area contributed by atoms with E-state index in [0.717, 1.165) is 5.56 Å². The van der Waals surface area contributed by atoms with Crippen LogP contribution in [-0.2, 0) is 23.7 Å². The molecule has 204 valence electrons. The van der Waals surface area contributed by atoms with Crippen LogP contribution in [0.15, 0.2) is 53.5 Å². The summed E-state index contributed by atoms with van der Waals surface area (Å²) >= 11 is 0. The average molecular weight is 541 g/mol. The Balaban J connectivity index is 0.000000348. The number of guanidine groups is 1. The largest absolute Gasteiger partial charge is 0.416 e. The second-order valence-electron chi connectivity index (χ2n) is 7.59. The SMILES string of the molecule is C#C.CN1C[C@@H](c2ccccc2)NC1=NCC(F)(F)F.COCc1cc(C(F)(F)F)cc(C(F)(F)F)c1. The molecule has 2 aromatic carbocycles. The van der Waals surface area contributed by atoms with Crippen molar-refractivity contribution < 1.29 is 44.3 Å². The molecule has 0 bridgehead atoms. The van der Waals surface area contributed by atoms with Crippen molar-refractivity contribution in [3.8, 4) is 12.8 Å². The van der Waals surface area contributed by atoms with Crippen LogP contribution in [0.2, 0.25) is 0 Å².